The fraction of sp³-hybridized carbons (Fsp3) is 0.590. The van der Waals surface area contributed by atoms with Gasteiger partial charge in [-0.05, 0) is 141 Å². The molecule has 7 aliphatic rings. The predicted octanol–water partition coefficient (Wildman–Crippen LogP) is 17.8. The molecule has 63 heavy (non-hydrogen) atoms. The predicted molar refractivity (Wildman–Crippen MR) is 264 cm³/mol. The summed E-state index contributed by atoms with van der Waals surface area (Å²) in [6.45, 7) is 0. The van der Waals surface area contributed by atoms with Gasteiger partial charge < -0.3 is 0 Å². The van der Waals surface area contributed by atoms with Gasteiger partial charge in [0.05, 0.1) is 0 Å². The maximum absolute atomic E-state index is 2.90. The molecule has 12 rings (SSSR count). The summed E-state index contributed by atoms with van der Waals surface area (Å²) < 4.78 is 5.79. The summed E-state index contributed by atoms with van der Waals surface area (Å²) in [6, 6.07) is 25.9. The van der Waals surface area contributed by atoms with Crippen molar-refractivity contribution in [1.82, 2.24) is 4.57 Å². The number of benzene rings is 4. The van der Waals surface area contributed by atoms with Crippen LogP contribution in [-0.2, 0) is 0 Å². The molecule has 330 valence electrons. The van der Waals surface area contributed by atoms with Gasteiger partial charge in [0.25, 0.3) is 6.33 Å². The van der Waals surface area contributed by atoms with Gasteiger partial charge in [-0.15, -0.1) is 0 Å². The van der Waals surface area contributed by atoms with Crippen molar-refractivity contribution in [2.45, 2.75) is 228 Å². The van der Waals surface area contributed by atoms with E-state index in [1.165, 1.54) is 226 Å². The first kappa shape index (κ1) is 40.8. The van der Waals surface area contributed by atoms with Crippen molar-refractivity contribution in [3.05, 3.63) is 100 Å². The molecular formula is C61H77N2+. The van der Waals surface area contributed by atoms with Gasteiger partial charge in [0.15, 0.2) is 11.4 Å². The lowest BCUT2D eigenvalue weighted by molar-refractivity contribution is -0.584. The molecule has 0 atom stereocenters. The van der Waals surface area contributed by atoms with Gasteiger partial charge in [-0.1, -0.05) is 164 Å². The van der Waals surface area contributed by atoms with Gasteiger partial charge in [0, 0.05) is 38.8 Å². The molecule has 0 unspecified atom stereocenters. The molecular weight excluding hydrogens is 761 g/mol. The van der Waals surface area contributed by atoms with Crippen molar-refractivity contribution in [1.29, 1.82) is 0 Å². The zero-order valence-electron chi connectivity index (χ0n) is 38.9. The Hall–Kier alpha value is -3.65. The van der Waals surface area contributed by atoms with Gasteiger partial charge >= 0.3 is 0 Å². The standard InChI is InChI=1S/C61H77N2/c1-7-21-42(22-8-1)49-37-53(44-25-11-3-12-26-44)58(54(38-49)45-27-13-4-14-28-45)62-41-63(61-52-36-20-34-48-33-19-35-51(57(48)52)60(61)62)59-55(46-29-15-5-16-30-46)39-50(43-23-9-2-10-24-43)40-56(59)47-31-17-6-18-32-47/h19-20,33-47H,1-18,21-32H2/q+1. The molecule has 5 aromatic rings. The zero-order chi connectivity index (χ0) is 41.7. The molecule has 0 saturated heterocycles. The van der Waals surface area contributed by atoms with E-state index >= 15 is 0 Å². The van der Waals surface area contributed by atoms with Crippen LogP contribution in [0.25, 0.3) is 44.7 Å². The van der Waals surface area contributed by atoms with Crippen molar-refractivity contribution in [2.75, 3.05) is 0 Å². The van der Waals surface area contributed by atoms with E-state index in [9.17, 15) is 0 Å². The van der Waals surface area contributed by atoms with Gasteiger partial charge in [0.2, 0.25) is 0 Å². The minimum absolute atomic E-state index is 0.649. The second kappa shape index (κ2) is 18.0. The molecule has 0 bridgehead atoms. The molecule has 1 aromatic heterocycles. The van der Waals surface area contributed by atoms with Crippen LogP contribution in [0.2, 0.25) is 0 Å². The van der Waals surface area contributed by atoms with Crippen LogP contribution in [0.5, 0.6) is 0 Å². The van der Waals surface area contributed by atoms with Crippen LogP contribution in [0.1, 0.15) is 262 Å². The monoisotopic (exact) mass is 838 g/mol. The lowest BCUT2D eigenvalue weighted by Gasteiger charge is -2.31. The third kappa shape index (κ3) is 7.58. The third-order valence-electron chi connectivity index (χ3n) is 18.5. The fourth-order valence-corrected chi connectivity index (χ4v) is 15.3. The average molecular weight is 838 g/mol. The van der Waals surface area contributed by atoms with E-state index < -0.39 is 0 Å². The maximum Gasteiger partial charge on any atom is 0.255 e. The molecule has 6 fully saturated rings. The lowest BCUT2D eigenvalue weighted by Crippen LogP contribution is -2.36. The highest BCUT2D eigenvalue weighted by atomic mass is 15.2. The lowest BCUT2D eigenvalue weighted by atomic mass is 9.75. The Morgan fingerprint density at radius 1 is 0.381 bits per heavy atom. The van der Waals surface area contributed by atoms with Crippen molar-refractivity contribution < 1.29 is 4.57 Å². The molecule has 0 spiro atoms. The van der Waals surface area contributed by atoms with Crippen LogP contribution in [0.15, 0.2) is 67.0 Å². The Morgan fingerprint density at radius 3 is 1.17 bits per heavy atom. The fourth-order valence-electron chi connectivity index (χ4n) is 15.3. The third-order valence-corrected chi connectivity index (χ3v) is 18.5. The average Bonchev–Trinajstić information content (AvgIpc) is 3.92. The van der Waals surface area contributed by atoms with E-state index in [1.54, 1.807) is 44.8 Å². The highest BCUT2D eigenvalue weighted by Gasteiger charge is 2.42. The summed E-state index contributed by atoms with van der Waals surface area (Å²) in [4.78, 5) is 0. The molecule has 4 aromatic carbocycles. The molecule has 7 aliphatic carbocycles. The SMILES string of the molecule is c1cc2c3c(cccc3c1)-c1c-2n(-c2c(C3CCCCC3)cc(C3CCCCC3)cc2C2CCCCC2)c[n+]1-c1c(C2CCCCC2)cc(C2CCCCC2)cc1C1CCCCC1. The number of aromatic nitrogens is 2. The van der Waals surface area contributed by atoms with E-state index in [1.807, 2.05) is 0 Å². The Kier molecular flexibility index (Phi) is 11.6. The summed E-state index contributed by atoms with van der Waals surface area (Å²) in [7, 11) is 0. The highest BCUT2D eigenvalue weighted by molar-refractivity contribution is 6.13. The summed E-state index contributed by atoms with van der Waals surface area (Å²) in [6.07, 6.45) is 44.3. The molecule has 6 saturated carbocycles. The quantitative estimate of drug-likeness (QED) is 0.135. The first-order valence-corrected chi connectivity index (χ1v) is 27.3. The number of nitrogens with zero attached hydrogens (tertiary/aromatic N) is 2. The summed E-state index contributed by atoms with van der Waals surface area (Å²) >= 11 is 0. The van der Waals surface area contributed by atoms with Crippen LogP contribution in [0, 0.1) is 0 Å². The van der Waals surface area contributed by atoms with Gasteiger partial charge in [0.1, 0.15) is 11.4 Å². The van der Waals surface area contributed by atoms with Crippen molar-refractivity contribution in [2.24, 2.45) is 0 Å². The second-order valence-electron chi connectivity index (χ2n) is 22.4. The zero-order valence-corrected chi connectivity index (χ0v) is 38.9. The molecule has 0 amide bonds. The minimum atomic E-state index is 0.649. The van der Waals surface area contributed by atoms with Crippen LogP contribution in [-0.4, -0.2) is 4.57 Å². The van der Waals surface area contributed by atoms with Crippen LogP contribution >= 0.6 is 0 Å². The molecule has 1 heterocycles. The Morgan fingerprint density at radius 2 is 0.746 bits per heavy atom. The van der Waals surface area contributed by atoms with E-state index in [2.05, 4.69) is 76.1 Å². The normalized spacial score (nSPS) is 22.5. The van der Waals surface area contributed by atoms with E-state index in [-0.39, 0.29) is 0 Å². The van der Waals surface area contributed by atoms with Gasteiger partial charge in [-0.3, -0.25) is 0 Å². The van der Waals surface area contributed by atoms with Gasteiger partial charge in [-0.25, -0.2) is 0 Å². The summed E-state index contributed by atoms with van der Waals surface area (Å²) in [5.74, 6) is 4.06. The van der Waals surface area contributed by atoms with Crippen molar-refractivity contribution in [3.8, 4) is 33.9 Å². The minimum Gasteiger partial charge on any atom is -0.193 e. The Bertz CT molecular complexity index is 2170. The Labute approximate surface area is 380 Å². The van der Waals surface area contributed by atoms with Crippen LogP contribution < -0.4 is 4.57 Å². The number of hydrogen-bond donors (Lipinski definition) is 0. The molecule has 0 radical (unpaired) electrons. The number of hydrogen-bond acceptors (Lipinski definition) is 0. The topological polar surface area (TPSA) is 8.81 Å². The second-order valence-corrected chi connectivity index (χ2v) is 22.4. The molecule has 0 aliphatic heterocycles. The number of imidazole rings is 1. The van der Waals surface area contributed by atoms with E-state index in [0.717, 1.165) is 11.8 Å². The highest BCUT2D eigenvalue weighted by Crippen LogP contribution is 2.53. The number of fused-ring (bicyclic) bond motifs is 3. The van der Waals surface area contributed by atoms with E-state index in [4.69, 9.17) is 0 Å². The summed E-state index contributed by atoms with van der Waals surface area (Å²) in [5, 5.41) is 2.89. The van der Waals surface area contributed by atoms with Gasteiger partial charge in [-0.2, -0.15) is 9.13 Å². The van der Waals surface area contributed by atoms with E-state index in [0.29, 0.717) is 23.7 Å². The van der Waals surface area contributed by atoms with Crippen LogP contribution in [0.4, 0.5) is 0 Å². The van der Waals surface area contributed by atoms with Crippen molar-refractivity contribution >= 4 is 10.8 Å². The number of rotatable bonds is 8. The maximum atomic E-state index is 2.90. The first-order valence-electron chi connectivity index (χ1n) is 27.3. The first-order chi connectivity index (χ1) is 31.3. The molecule has 2 nitrogen and oxygen atoms in total. The van der Waals surface area contributed by atoms with Crippen molar-refractivity contribution in [3.63, 3.8) is 0 Å². The molecule has 2 heteroatoms. The molecule has 0 N–H and O–H groups in total. The summed E-state index contributed by atoms with van der Waals surface area (Å²) in [5.41, 5.74) is 19.4. The Balaban J connectivity index is 1.17. The smallest absolute Gasteiger partial charge is 0.193 e. The largest absolute Gasteiger partial charge is 0.255 e. The van der Waals surface area contributed by atoms with Crippen LogP contribution in [0.3, 0.4) is 0 Å².